The van der Waals surface area contributed by atoms with Gasteiger partial charge in [0.05, 0.1) is 33.0 Å². The Kier molecular flexibility index (Phi) is 3.64. The molecule has 3 aromatic rings. The van der Waals surface area contributed by atoms with Crippen LogP contribution in [0.25, 0.3) is 11.3 Å². The fourth-order valence-electron chi connectivity index (χ4n) is 3.08. The van der Waals surface area contributed by atoms with Crippen molar-refractivity contribution in [1.29, 1.82) is 0 Å². The van der Waals surface area contributed by atoms with Crippen LogP contribution >= 0.6 is 0 Å². The fourth-order valence-corrected chi connectivity index (χ4v) is 3.08. The Morgan fingerprint density at radius 3 is 2.92 bits per heavy atom. The van der Waals surface area contributed by atoms with E-state index in [1.54, 1.807) is 20.5 Å². The van der Waals surface area contributed by atoms with Gasteiger partial charge in [-0.3, -0.25) is 0 Å². The van der Waals surface area contributed by atoms with Gasteiger partial charge in [0.15, 0.2) is 11.5 Å². The SMILES string of the molecule is COc1ccc(-c2cn(CC3CCc4ncnn43)nn2)cc1OC. The highest BCUT2D eigenvalue weighted by Crippen LogP contribution is 2.31. The van der Waals surface area contributed by atoms with Crippen LogP contribution in [0.5, 0.6) is 11.5 Å². The van der Waals surface area contributed by atoms with E-state index >= 15 is 0 Å². The summed E-state index contributed by atoms with van der Waals surface area (Å²) in [5.41, 5.74) is 1.74. The molecule has 0 saturated carbocycles. The molecule has 4 rings (SSSR count). The van der Waals surface area contributed by atoms with Gasteiger partial charge in [-0.1, -0.05) is 5.21 Å². The van der Waals surface area contributed by atoms with Crippen LogP contribution in [0.1, 0.15) is 18.3 Å². The lowest BCUT2D eigenvalue weighted by molar-refractivity contribution is 0.355. The Hall–Kier alpha value is -2.90. The fraction of sp³-hybridized carbons (Fsp3) is 0.375. The second-order valence-electron chi connectivity index (χ2n) is 5.71. The minimum Gasteiger partial charge on any atom is -0.493 e. The molecule has 0 radical (unpaired) electrons. The third-order valence-electron chi connectivity index (χ3n) is 4.31. The molecule has 124 valence electrons. The van der Waals surface area contributed by atoms with Gasteiger partial charge in [0, 0.05) is 12.0 Å². The number of aromatic nitrogens is 6. The first-order chi connectivity index (χ1) is 11.8. The van der Waals surface area contributed by atoms with E-state index < -0.39 is 0 Å². The Morgan fingerprint density at radius 1 is 1.21 bits per heavy atom. The normalized spacial score (nSPS) is 16.2. The summed E-state index contributed by atoms with van der Waals surface area (Å²) >= 11 is 0. The van der Waals surface area contributed by atoms with Crippen molar-refractivity contribution in [3.05, 3.63) is 36.5 Å². The van der Waals surface area contributed by atoms with E-state index in [2.05, 4.69) is 20.4 Å². The lowest BCUT2D eigenvalue weighted by Crippen LogP contribution is -2.14. The molecule has 0 fully saturated rings. The van der Waals surface area contributed by atoms with Crippen LogP contribution in [-0.2, 0) is 13.0 Å². The topological polar surface area (TPSA) is 79.9 Å². The number of hydrogen-bond donors (Lipinski definition) is 0. The average Bonchev–Trinajstić information content (AvgIpc) is 3.33. The third-order valence-corrected chi connectivity index (χ3v) is 4.31. The van der Waals surface area contributed by atoms with Crippen LogP contribution in [0.3, 0.4) is 0 Å². The molecule has 0 spiro atoms. The van der Waals surface area contributed by atoms with E-state index in [9.17, 15) is 0 Å². The van der Waals surface area contributed by atoms with Gasteiger partial charge >= 0.3 is 0 Å². The summed E-state index contributed by atoms with van der Waals surface area (Å²) in [5.74, 6) is 2.41. The Morgan fingerprint density at radius 2 is 2.08 bits per heavy atom. The van der Waals surface area contributed by atoms with Crippen LogP contribution in [-0.4, -0.2) is 44.0 Å². The summed E-state index contributed by atoms with van der Waals surface area (Å²) < 4.78 is 14.4. The molecule has 1 aliphatic heterocycles. The summed E-state index contributed by atoms with van der Waals surface area (Å²) in [4.78, 5) is 4.26. The van der Waals surface area contributed by atoms with Crippen molar-refractivity contribution >= 4 is 0 Å². The zero-order chi connectivity index (χ0) is 16.5. The zero-order valence-corrected chi connectivity index (χ0v) is 13.6. The van der Waals surface area contributed by atoms with E-state index in [4.69, 9.17) is 9.47 Å². The zero-order valence-electron chi connectivity index (χ0n) is 13.6. The van der Waals surface area contributed by atoms with Gasteiger partial charge in [-0.2, -0.15) is 5.10 Å². The molecule has 2 aromatic heterocycles. The van der Waals surface area contributed by atoms with Gasteiger partial charge in [-0.15, -0.1) is 5.10 Å². The van der Waals surface area contributed by atoms with Crippen LogP contribution in [0, 0.1) is 0 Å². The molecular formula is C16H18N6O2. The lowest BCUT2D eigenvalue weighted by Gasteiger charge is -2.10. The van der Waals surface area contributed by atoms with Gasteiger partial charge in [0.2, 0.25) is 0 Å². The maximum absolute atomic E-state index is 5.34. The minimum absolute atomic E-state index is 0.280. The third kappa shape index (κ3) is 2.49. The Bertz CT molecular complexity index is 856. The van der Waals surface area contributed by atoms with Crippen LogP contribution < -0.4 is 9.47 Å². The molecule has 0 N–H and O–H groups in total. The maximum atomic E-state index is 5.34. The summed E-state index contributed by atoms with van der Waals surface area (Å²) in [6.07, 6.45) is 5.54. The highest BCUT2D eigenvalue weighted by atomic mass is 16.5. The molecule has 1 aromatic carbocycles. The molecule has 3 heterocycles. The van der Waals surface area contributed by atoms with Gasteiger partial charge < -0.3 is 9.47 Å². The summed E-state index contributed by atoms with van der Waals surface area (Å²) in [5, 5.41) is 12.8. The van der Waals surface area contributed by atoms with Gasteiger partial charge in [-0.05, 0) is 24.6 Å². The van der Waals surface area contributed by atoms with Crippen molar-refractivity contribution in [3.63, 3.8) is 0 Å². The number of fused-ring (bicyclic) bond motifs is 1. The molecule has 0 bridgehead atoms. The largest absolute Gasteiger partial charge is 0.493 e. The lowest BCUT2D eigenvalue weighted by atomic mass is 10.1. The minimum atomic E-state index is 0.280. The van der Waals surface area contributed by atoms with Crippen LogP contribution in [0.15, 0.2) is 30.7 Å². The van der Waals surface area contributed by atoms with E-state index in [1.165, 1.54) is 0 Å². The Labute approximate surface area is 139 Å². The van der Waals surface area contributed by atoms with Gasteiger partial charge in [0.25, 0.3) is 0 Å². The standard InChI is InChI=1S/C16H18N6O2/c1-23-14-5-3-11(7-15(14)24-2)13-9-21(20-19-13)8-12-4-6-16-17-10-18-22(12)16/h3,5,7,9-10,12H,4,6,8H2,1-2H3. The number of ether oxygens (including phenoxy) is 2. The van der Waals surface area contributed by atoms with E-state index in [1.807, 2.05) is 33.8 Å². The molecule has 1 unspecified atom stereocenters. The second-order valence-corrected chi connectivity index (χ2v) is 5.71. The monoisotopic (exact) mass is 326 g/mol. The summed E-state index contributed by atoms with van der Waals surface area (Å²) in [7, 11) is 3.24. The van der Waals surface area contributed by atoms with Gasteiger partial charge in [0.1, 0.15) is 17.8 Å². The summed E-state index contributed by atoms with van der Waals surface area (Å²) in [6.45, 7) is 0.733. The molecule has 0 saturated heterocycles. The van der Waals surface area contributed by atoms with Crippen molar-refractivity contribution in [3.8, 4) is 22.8 Å². The first-order valence-electron chi connectivity index (χ1n) is 7.79. The van der Waals surface area contributed by atoms with Crippen molar-refractivity contribution in [1.82, 2.24) is 29.8 Å². The highest BCUT2D eigenvalue weighted by Gasteiger charge is 2.24. The molecular weight excluding hydrogens is 308 g/mol. The number of aryl methyl sites for hydroxylation is 1. The number of nitrogens with zero attached hydrogens (tertiary/aromatic N) is 6. The number of hydrogen-bond acceptors (Lipinski definition) is 6. The first-order valence-corrected chi connectivity index (χ1v) is 7.79. The van der Waals surface area contributed by atoms with Crippen molar-refractivity contribution < 1.29 is 9.47 Å². The van der Waals surface area contributed by atoms with Crippen molar-refractivity contribution in [2.75, 3.05) is 14.2 Å². The van der Waals surface area contributed by atoms with Crippen molar-refractivity contribution in [2.45, 2.75) is 25.4 Å². The smallest absolute Gasteiger partial charge is 0.161 e. The van der Waals surface area contributed by atoms with Gasteiger partial charge in [-0.25, -0.2) is 14.3 Å². The second kappa shape index (κ2) is 5.95. The first kappa shape index (κ1) is 14.7. The molecule has 0 aliphatic carbocycles. The predicted molar refractivity (Wildman–Crippen MR) is 85.9 cm³/mol. The molecule has 1 atom stereocenters. The predicted octanol–water partition coefficient (Wildman–Crippen LogP) is 1.74. The average molecular weight is 326 g/mol. The summed E-state index contributed by atoms with van der Waals surface area (Å²) in [6, 6.07) is 5.99. The molecule has 24 heavy (non-hydrogen) atoms. The van der Waals surface area contributed by atoms with Crippen LogP contribution in [0.2, 0.25) is 0 Å². The number of rotatable bonds is 5. The Balaban J connectivity index is 1.55. The molecule has 8 nitrogen and oxygen atoms in total. The molecule has 0 amide bonds. The van der Waals surface area contributed by atoms with Crippen molar-refractivity contribution in [2.24, 2.45) is 0 Å². The highest BCUT2D eigenvalue weighted by molar-refractivity contribution is 5.63. The van der Waals surface area contributed by atoms with Crippen LogP contribution in [0.4, 0.5) is 0 Å². The van der Waals surface area contributed by atoms with E-state index in [0.29, 0.717) is 11.5 Å². The number of methoxy groups -OCH3 is 2. The number of benzene rings is 1. The van der Waals surface area contributed by atoms with E-state index in [-0.39, 0.29) is 6.04 Å². The maximum Gasteiger partial charge on any atom is 0.161 e. The molecule has 8 heteroatoms. The quantitative estimate of drug-likeness (QED) is 0.710. The molecule has 1 aliphatic rings. The van der Waals surface area contributed by atoms with E-state index in [0.717, 1.165) is 36.5 Å².